The molecule has 0 aliphatic heterocycles. The molecule has 5 nitrogen and oxygen atoms in total. The van der Waals surface area contributed by atoms with Gasteiger partial charge in [0.05, 0.1) is 25.4 Å². The number of esters is 1. The molecule has 1 aromatic carbocycles. The molecule has 0 aliphatic rings. The molecule has 1 aromatic rings. The number of ether oxygens (including phenoxy) is 3. The fourth-order valence-corrected chi connectivity index (χ4v) is 1.14. The zero-order chi connectivity index (χ0) is 12.5. The first-order valence-corrected chi connectivity index (χ1v) is 5.33. The van der Waals surface area contributed by atoms with E-state index in [0.29, 0.717) is 31.1 Å². The van der Waals surface area contributed by atoms with E-state index >= 15 is 0 Å². The van der Waals surface area contributed by atoms with Gasteiger partial charge in [0.1, 0.15) is 6.61 Å². The first-order chi connectivity index (χ1) is 8.24. The molecule has 0 unspecified atom stereocenters. The highest BCUT2D eigenvalue weighted by molar-refractivity contribution is 5.89. The summed E-state index contributed by atoms with van der Waals surface area (Å²) in [6.07, 6.45) is 0. The monoisotopic (exact) mass is 255 g/mol. The highest BCUT2D eigenvalue weighted by atomic mass is 16.6. The fourth-order valence-electron chi connectivity index (χ4n) is 1.14. The van der Waals surface area contributed by atoms with Gasteiger partial charge < -0.3 is 19.9 Å². The van der Waals surface area contributed by atoms with Crippen molar-refractivity contribution in [1.29, 1.82) is 0 Å². The van der Waals surface area contributed by atoms with Crippen LogP contribution < -0.4 is 5.73 Å². The molecule has 0 aromatic heterocycles. The van der Waals surface area contributed by atoms with E-state index < -0.39 is 0 Å². The van der Waals surface area contributed by atoms with Crippen molar-refractivity contribution in [2.75, 3.05) is 39.3 Å². The number of methoxy groups -OCH3 is 1. The maximum absolute atomic E-state index is 11.5. The van der Waals surface area contributed by atoms with Gasteiger partial charge in [-0.15, -0.1) is 0 Å². The Bertz CT molecular complexity index is 337. The third-order valence-corrected chi connectivity index (χ3v) is 2.04. The molecule has 0 aliphatic carbocycles. The van der Waals surface area contributed by atoms with Crippen molar-refractivity contribution in [1.82, 2.24) is 0 Å². The van der Waals surface area contributed by atoms with Gasteiger partial charge in [-0.3, -0.25) is 0 Å². The Morgan fingerprint density at radius 1 is 1.11 bits per heavy atom. The van der Waals surface area contributed by atoms with Crippen molar-refractivity contribution < 1.29 is 19.0 Å². The third kappa shape index (κ3) is 6.22. The summed E-state index contributed by atoms with van der Waals surface area (Å²) in [4.78, 5) is 11.5. The van der Waals surface area contributed by atoms with Crippen LogP contribution in [0, 0.1) is 0 Å². The number of benzene rings is 1. The first-order valence-electron chi connectivity index (χ1n) is 5.33. The summed E-state index contributed by atoms with van der Waals surface area (Å²) in [6, 6.07) is 6.57. The van der Waals surface area contributed by atoms with Crippen molar-refractivity contribution in [2.45, 2.75) is 7.43 Å². The van der Waals surface area contributed by atoms with Crippen molar-refractivity contribution in [3.8, 4) is 0 Å². The normalized spacial score (nSPS) is 9.61. The molecule has 0 saturated heterocycles. The Hall–Kier alpha value is -1.59. The van der Waals surface area contributed by atoms with Crippen LogP contribution in [0.15, 0.2) is 24.3 Å². The van der Waals surface area contributed by atoms with Crippen LogP contribution in [-0.4, -0.2) is 39.5 Å². The van der Waals surface area contributed by atoms with E-state index in [1.165, 1.54) is 0 Å². The first kappa shape index (κ1) is 16.4. The molecule has 5 heteroatoms. The van der Waals surface area contributed by atoms with Gasteiger partial charge in [0.25, 0.3) is 0 Å². The summed E-state index contributed by atoms with van der Waals surface area (Å²) in [5.74, 6) is -0.375. The fraction of sp³-hybridized carbons (Fsp3) is 0.462. The molecule has 0 amide bonds. The average molecular weight is 255 g/mol. The van der Waals surface area contributed by atoms with E-state index in [4.69, 9.17) is 19.9 Å². The molecular weight excluding hydrogens is 234 g/mol. The number of hydrogen-bond donors (Lipinski definition) is 1. The number of anilines is 1. The Morgan fingerprint density at radius 3 is 2.33 bits per heavy atom. The largest absolute Gasteiger partial charge is 0.460 e. The van der Waals surface area contributed by atoms with E-state index in [1.807, 2.05) is 0 Å². The Balaban J connectivity index is 0.00000289. The van der Waals surface area contributed by atoms with Crippen molar-refractivity contribution >= 4 is 11.7 Å². The number of nitrogens with two attached hydrogens (primary N) is 1. The smallest absolute Gasteiger partial charge is 0.338 e. The highest BCUT2D eigenvalue weighted by Gasteiger charge is 2.05. The lowest BCUT2D eigenvalue weighted by Crippen LogP contribution is -2.12. The molecule has 18 heavy (non-hydrogen) atoms. The molecule has 0 bridgehead atoms. The third-order valence-electron chi connectivity index (χ3n) is 2.04. The summed E-state index contributed by atoms with van der Waals surface area (Å²) in [5.41, 5.74) is 6.61. The van der Waals surface area contributed by atoms with Gasteiger partial charge >= 0.3 is 5.97 Å². The maximum atomic E-state index is 11.5. The van der Waals surface area contributed by atoms with Crippen molar-refractivity contribution in [3.63, 3.8) is 0 Å². The SMILES string of the molecule is C.COCCOCCOC(=O)c1ccc(N)cc1. The highest BCUT2D eigenvalue weighted by Crippen LogP contribution is 2.06. The average Bonchev–Trinajstić information content (AvgIpc) is 2.34. The second-order valence-electron chi connectivity index (χ2n) is 3.36. The minimum absolute atomic E-state index is 0. The van der Waals surface area contributed by atoms with Crippen LogP contribution >= 0.6 is 0 Å². The Labute approximate surface area is 108 Å². The van der Waals surface area contributed by atoms with Gasteiger partial charge in [0.2, 0.25) is 0 Å². The minimum atomic E-state index is -0.375. The van der Waals surface area contributed by atoms with Crippen LogP contribution in [0.3, 0.4) is 0 Å². The van der Waals surface area contributed by atoms with E-state index in [1.54, 1.807) is 31.4 Å². The summed E-state index contributed by atoms with van der Waals surface area (Å²) in [7, 11) is 1.60. The summed E-state index contributed by atoms with van der Waals surface area (Å²) >= 11 is 0. The van der Waals surface area contributed by atoms with Gasteiger partial charge in [-0.25, -0.2) is 4.79 Å². The summed E-state index contributed by atoms with van der Waals surface area (Å²) in [6.45, 7) is 1.62. The van der Waals surface area contributed by atoms with E-state index in [0.717, 1.165) is 0 Å². The van der Waals surface area contributed by atoms with E-state index in [2.05, 4.69) is 0 Å². The zero-order valence-corrected chi connectivity index (χ0v) is 9.85. The molecule has 0 spiro atoms. The topological polar surface area (TPSA) is 70.8 Å². The number of carbonyl (C=O) groups is 1. The molecule has 0 radical (unpaired) electrons. The lowest BCUT2D eigenvalue weighted by atomic mass is 10.2. The minimum Gasteiger partial charge on any atom is -0.460 e. The number of rotatable bonds is 7. The molecular formula is C13H21NO4. The molecule has 0 heterocycles. The van der Waals surface area contributed by atoms with Gasteiger partial charge in [0, 0.05) is 12.8 Å². The van der Waals surface area contributed by atoms with Crippen LogP contribution in [0.4, 0.5) is 5.69 Å². The predicted molar refractivity (Wildman–Crippen MR) is 70.6 cm³/mol. The number of carbonyl (C=O) groups excluding carboxylic acids is 1. The van der Waals surface area contributed by atoms with Crippen LogP contribution in [0.2, 0.25) is 0 Å². The molecule has 102 valence electrons. The second-order valence-corrected chi connectivity index (χ2v) is 3.36. The van der Waals surface area contributed by atoms with Gasteiger partial charge in [-0.05, 0) is 24.3 Å². The molecule has 0 atom stereocenters. The van der Waals surface area contributed by atoms with E-state index in [9.17, 15) is 4.79 Å². The van der Waals surface area contributed by atoms with Crippen LogP contribution in [0.1, 0.15) is 17.8 Å². The van der Waals surface area contributed by atoms with Crippen LogP contribution in [0.5, 0.6) is 0 Å². The molecule has 2 N–H and O–H groups in total. The molecule has 1 rings (SSSR count). The van der Waals surface area contributed by atoms with Crippen molar-refractivity contribution in [3.05, 3.63) is 29.8 Å². The maximum Gasteiger partial charge on any atom is 0.338 e. The van der Waals surface area contributed by atoms with Crippen LogP contribution in [-0.2, 0) is 14.2 Å². The number of hydrogen-bond acceptors (Lipinski definition) is 5. The van der Waals surface area contributed by atoms with E-state index in [-0.39, 0.29) is 20.0 Å². The van der Waals surface area contributed by atoms with Gasteiger partial charge in [-0.2, -0.15) is 0 Å². The predicted octanol–water partition coefficient (Wildman–Crippen LogP) is 1.72. The quantitative estimate of drug-likeness (QED) is 0.456. The van der Waals surface area contributed by atoms with Crippen LogP contribution in [0.25, 0.3) is 0 Å². The summed E-state index contributed by atoms with van der Waals surface area (Å²) in [5, 5.41) is 0. The molecule has 0 saturated carbocycles. The lowest BCUT2D eigenvalue weighted by molar-refractivity contribution is 0.0214. The van der Waals surface area contributed by atoms with Gasteiger partial charge in [-0.1, -0.05) is 7.43 Å². The zero-order valence-electron chi connectivity index (χ0n) is 9.85. The lowest BCUT2D eigenvalue weighted by Gasteiger charge is -2.06. The Kier molecular flexibility index (Phi) is 8.61. The van der Waals surface area contributed by atoms with Gasteiger partial charge in [0.15, 0.2) is 0 Å². The second kappa shape index (κ2) is 9.44. The molecule has 0 fully saturated rings. The van der Waals surface area contributed by atoms with Crippen molar-refractivity contribution in [2.24, 2.45) is 0 Å². The Morgan fingerprint density at radius 2 is 1.72 bits per heavy atom. The number of nitrogen functional groups attached to an aromatic ring is 1. The summed E-state index contributed by atoms with van der Waals surface area (Å²) < 4.78 is 15.0. The standard InChI is InChI=1S/C12H17NO4.CH4/c1-15-6-7-16-8-9-17-12(14)10-2-4-11(13)5-3-10;/h2-5H,6-9,13H2,1H3;1H4.